The number of carbonyl (C=O) groups excluding carboxylic acids is 1. The number of carbonyl (C=O) groups is 1. The molecule has 0 radical (unpaired) electrons. The van der Waals surface area contributed by atoms with Crippen molar-refractivity contribution in [3.63, 3.8) is 0 Å². The minimum absolute atomic E-state index is 0.114. The zero-order valence-corrected chi connectivity index (χ0v) is 14.9. The second kappa shape index (κ2) is 7.67. The standard InChI is InChI=1S/C19H21N3O3/c1-5-22(6-2)16-8-7-13-9-14(19(24)25-17(13)11-16)10-15(12-20)18(23)21(3)4/h7-11H,5-6H2,1-4H3. The van der Waals surface area contributed by atoms with E-state index in [2.05, 4.69) is 18.7 Å². The van der Waals surface area contributed by atoms with Gasteiger partial charge in [0.15, 0.2) is 0 Å². The number of rotatable bonds is 5. The van der Waals surface area contributed by atoms with Gasteiger partial charge in [-0.05, 0) is 38.1 Å². The summed E-state index contributed by atoms with van der Waals surface area (Å²) in [5.74, 6) is -0.459. The largest absolute Gasteiger partial charge is 0.422 e. The Labute approximate surface area is 146 Å². The smallest absolute Gasteiger partial charge is 0.343 e. The minimum atomic E-state index is -0.580. The fraction of sp³-hybridized carbons (Fsp3) is 0.316. The maximum Gasteiger partial charge on any atom is 0.343 e. The van der Waals surface area contributed by atoms with Crippen LogP contribution in [-0.2, 0) is 4.79 Å². The van der Waals surface area contributed by atoms with Gasteiger partial charge in [0.2, 0.25) is 0 Å². The second-order valence-corrected chi connectivity index (χ2v) is 5.75. The molecule has 0 bridgehead atoms. The molecule has 0 saturated heterocycles. The highest BCUT2D eigenvalue weighted by Gasteiger charge is 2.13. The van der Waals surface area contributed by atoms with Crippen molar-refractivity contribution >= 4 is 28.6 Å². The number of hydrogen-bond acceptors (Lipinski definition) is 5. The third kappa shape index (κ3) is 3.89. The monoisotopic (exact) mass is 339 g/mol. The average Bonchev–Trinajstić information content (AvgIpc) is 2.60. The summed E-state index contributed by atoms with van der Waals surface area (Å²) in [5, 5.41) is 9.89. The van der Waals surface area contributed by atoms with Gasteiger partial charge in [-0.1, -0.05) is 0 Å². The number of hydrogen-bond donors (Lipinski definition) is 0. The molecule has 6 heteroatoms. The van der Waals surface area contributed by atoms with Crippen molar-refractivity contribution < 1.29 is 9.21 Å². The molecule has 130 valence electrons. The Morgan fingerprint density at radius 3 is 2.48 bits per heavy atom. The highest BCUT2D eigenvalue weighted by Crippen LogP contribution is 2.22. The number of nitriles is 1. The first kappa shape index (κ1) is 18.3. The molecule has 0 aliphatic carbocycles. The molecule has 0 unspecified atom stereocenters. The highest BCUT2D eigenvalue weighted by atomic mass is 16.4. The van der Waals surface area contributed by atoms with E-state index in [1.54, 1.807) is 20.2 Å². The topological polar surface area (TPSA) is 77.5 Å². The van der Waals surface area contributed by atoms with Crippen molar-refractivity contribution in [2.45, 2.75) is 13.8 Å². The summed E-state index contributed by atoms with van der Waals surface area (Å²) in [6, 6.07) is 9.11. The molecular weight excluding hydrogens is 318 g/mol. The minimum Gasteiger partial charge on any atom is -0.422 e. The van der Waals surface area contributed by atoms with Gasteiger partial charge in [0.1, 0.15) is 17.2 Å². The Kier molecular flexibility index (Phi) is 5.60. The molecule has 0 aliphatic heterocycles. The maximum absolute atomic E-state index is 12.2. The van der Waals surface area contributed by atoms with Gasteiger partial charge in [-0.3, -0.25) is 4.79 Å². The van der Waals surface area contributed by atoms with Gasteiger partial charge in [-0.15, -0.1) is 0 Å². The van der Waals surface area contributed by atoms with Gasteiger partial charge in [-0.2, -0.15) is 5.26 Å². The van der Waals surface area contributed by atoms with Crippen molar-refractivity contribution in [1.29, 1.82) is 5.26 Å². The highest BCUT2D eigenvalue weighted by molar-refractivity contribution is 6.01. The predicted molar refractivity (Wildman–Crippen MR) is 98.3 cm³/mol. The molecule has 0 fully saturated rings. The van der Waals surface area contributed by atoms with E-state index in [1.165, 1.54) is 11.0 Å². The first-order chi connectivity index (χ1) is 11.9. The summed E-state index contributed by atoms with van der Waals surface area (Å²) in [7, 11) is 3.09. The van der Waals surface area contributed by atoms with Crippen LogP contribution in [0.4, 0.5) is 5.69 Å². The van der Waals surface area contributed by atoms with Crippen molar-refractivity contribution in [2.24, 2.45) is 0 Å². The molecule has 2 aromatic rings. The number of nitrogens with zero attached hydrogens (tertiary/aromatic N) is 3. The van der Waals surface area contributed by atoms with E-state index in [1.807, 2.05) is 24.3 Å². The fourth-order valence-corrected chi connectivity index (χ4v) is 2.54. The van der Waals surface area contributed by atoms with E-state index in [-0.39, 0.29) is 11.1 Å². The zero-order chi connectivity index (χ0) is 18.6. The normalized spacial score (nSPS) is 11.2. The Bertz CT molecular complexity index is 916. The lowest BCUT2D eigenvalue weighted by molar-refractivity contribution is -0.124. The number of benzene rings is 1. The first-order valence-electron chi connectivity index (χ1n) is 8.07. The van der Waals surface area contributed by atoms with Gasteiger partial charge < -0.3 is 14.2 Å². The molecule has 0 saturated carbocycles. The summed E-state index contributed by atoms with van der Waals surface area (Å²) in [6.07, 6.45) is 1.27. The van der Waals surface area contributed by atoms with Gasteiger partial charge in [0.05, 0.1) is 5.56 Å². The summed E-state index contributed by atoms with van der Waals surface area (Å²) in [5.41, 5.74) is 0.934. The summed E-state index contributed by atoms with van der Waals surface area (Å²) in [6.45, 7) is 5.82. The third-order valence-electron chi connectivity index (χ3n) is 3.93. The van der Waals surface area contributed by atoms with Crippen LogP contribution in [0, 0.1) is 11.3 Å². The van der Waals surface area contributed by atoms with Gasteiger partial charge in [0.25, 0.3) is 5.91 Å². The van der Waals surface area contributed by atoms with Crippen molar-refractivity contribution in [3.8, 4) is 6.07 Å². The number of likely N-dealkylation sites (N-methyl/N-ethyl adjacent to an activating group) is 1. The van der Waals surface area contributed by atoms with Crippen LogP contribution < -0.4 is 10.5 Å². The van der Waals surface area contributed by atoms with Gasteiger partial charge >= 0.3 is 5.63 Å². The van der Waals surface area contributed by atoms with Crippen molar-refractivity contribution in [3.05, 3.63) is 45.8 Å². The SMILES string of the molecule is CCN(CC)c1ccc2cc(C=C(C#N)C(=O)N(C)C)c(=O)oc2c1. The Morgan fingerprint density at radius 2 is 1.92 bits per heavy atom. The Hall–Kier alpha value is -3.07. The van der Waals surface area contributed by atoms with Crippen LogP contribution in [0.5, 0.6) is 0 Å². The lowest BCUT2D eigenvalue weighted by Crippen LogP contribution is -2.23. The van der Waals surface area contributed by atoms with Crippen molar-refractivity contribution in [2.75, 3.05) is 32.1 Å². The summed E-state index contributed by atoms with van der Waals surface area (Å²) in [4.78, 5) is 27.6. The molecule has 6 nitrogen and oxygen atoms in total. The molecule has 0 aliphatic rings. The quantitative estimate of drug-likeness (QED) is 0.475. The van der Waals surface area contributed by atoms with Crippen molar-refractivity contribution in [1.82, 2.24) is 4.90 Å². The third-order valence-corrected chi connectivity index (χ3v) is 3.93. The molecule has 0 N–H and O–H groups in total. The van der Waals surface area contributed by atoms with E-state index in [0.29, 0.717) is 5.58 Å². The number of fused-ring (bicyclic) bond motifs is 1. The molecule has 25 heavy (non-hydrogen) atoms. The van der Waals surface area contributed by atoms with Crippen LogP contribution in [-0.4, -0.2) is 38.0 Å². The first-order valence-corrected chi connectivity index (χ1v) is 8.07. The lowest BCUT2D eigenvalue weighted by Gasteiger charge is -2.20. The number of amides is 1. The lowest BCUT2D eigenvalue weighted by atomic mass is 10.1. The van der Waals surface area contributed by atoms with Crippen LogP contribution in [0.25, 0.3) is 17.0 Å². The van der Waals surface area contributed by atoms with Crippen LogP contribution >= 0.6 is 0 Å². The number of anilines is 1. The van der Waals surface area contributed by atoms with E-state index in [0.717, 1.165) is 24.2 Å². The van der Waals surface area contributed by atoms with Crippen LogP contribution in [0.1, 0.15) is 19.4 Å². The molecule has 0 spiro atoms. The molecule has 1 amide bonds. The molecule has 2 rings (SSSR count). The summed E-state index contributed by atoms with van der Waals surface area (Å²) < 4.78 is 5.40. The van der Waals surface area contributed by atoms with E-state index in [4.69, 9.17) is 9.68 Å². The zero-order valence-electron chi connectivity index (χ0n) is 14.9. The molecular formula is C19H21N3O3. The Balaban J connectivity index is 2.53. The van der Waals surface area contributed by atoms with E-state index >= 15 is 0 Å². The predicted octanol–water partition coefficient (Wildman–Crippen LogP) is 2.63. The van der Waals surface area contributed by atoms with Gasteiger partial charge in [0, 0.05) is 44.3 Å². The second-order valence-electron chi connectivity index (χ2n) is 5.75. The summed E-state index contributed by atoms with van der Waals surface area (Å²) >= 11 is 0. The average molecular weight is 339 g/mol. The molecule has 1 aromatic carbocycles. The van der Waals surface area contributed by atoms with E-state index in [9.17, 15) is 9.59 Å². The molecule has 1 aromatic heterocycles. The van der Waals surface area contributed by atoms with Gasteiger partial charge in [-0.25, -0.2) is 4.79 Å². The van der Waals surface area contributed by atoms with Crippen LogP contribution in [0.2, 0.25) is 0 Å². The fourth-order valence-electron chi connectivity index (χ4n) is 2.54. The maximum atomic E-state index is 12.2. The molecule has 1 heterocycles. The van der Waals surface area contributed by atoms with E-state index < -0.39 is 11.5 Å². The molecule has 0 atom stereocenters. The van der Waals surface area contributed by atoms with Crippen LogP contribution in [0.15, 0.2) is 39.1 Å². The Morgan fingerprint density at radius 1 is 1.24 bits per heavy atom. The van der Waals surface area contributed by atoms with Crippen LogP contribution in [0.3, 0.4) is 0 Å².